The lowest BCUT2D eigenvalue weighted by Gasteiger charge is -2.21. The third kappa shape index (κ3) is 5.23. The van der Waals surface area contributed by atoms with E-state index in [1.165, 1.54) is 77.9 Å². The predicted octanol–water partition coefficient (Wildman–Crippen LogP) is 14.5. The Morgan fingerprint density at radius 1 is 0.419 bits per heavy atom. The fourth-order valence-corrected chi connectivity index (χ4v) is 11.8. The van der Waals surface area contributed by atoms with Crippen LogP contribution in [0.3, 0.4) is 0 Å². The highest BCUT2D eigenvalue weighted by Crippen LogP contribution is 2.71. The second-order valence-corrected chi connectivity index (χ2v) is 18.3. The van der Waals surface area contributed by atoms with Crippen LogP contribution in [0.1, 0.15) is 105 Å². The van der Waals surface area contributed by atoms with E-state index in [-0.39, 0.29) is 11.3 Å². The lowest BCUT2D eigenvalue weighted by Crippen LogP contribution is -2.15. The molecule has 4 aliphatic carbocycles. The van der Waals surface area contributed by atoms with Crippen LogP contribution in [0.5, 0.6) is 0 Å². The maximum Gasteiger partial charge on any atom is 0.160 e. The van der Waals surface area contributed by atoms with Crippen molar-refractivity contribution < 1.29 is 0 Å². The molecule has 3 atom stereocenters. The molecule has 0 aromatic heterocycles. The fraction of sp³-hybridized carbons (Fsp3) is 0.133. The molecule has 8 aromatic rings. The van der Waals surface area contributed by atoms with Crippen LogP contribution < -0.4 is 0 Å². The van der Waals surface area contributed by atoms with Gasteiger partial charge in [-0.1, -0.05) is 202 Å². The van der Waals surface area contributed by atoms with E-state index in [2.05, 4.69) is 208 Å². The van der Waals surface area contributed by atoms with Crippen molar-refractivity contribution in [2.75, 3.05) is 0 Å². The van der Waals surface area contributed by atoms with Crippen molar-refractivity contribution >= 4 is 17.2 Å². The number of aliphatic imine (C=N–C) groups is 2. The minimum absolute atomic E-state index is 0.129. The van der Waals surface area contributed by atoms with Crippen LogP contribution in [0.25, 0.3) is 39.1 Å². The molecule has 62 heavy (non-hydrogen) atoms. The second kappa shape index (κ2) is 13.4. The highest BCUT2D eigenvalue weighted by atomic mass is 14.9. The van der Waals surface area contributed by atoms with Crippen molar-refractivity contribution in [1.29, 1.82) is 0 Å². The minimum atomic E-state index is -0.129. The molecular weight excluding hydrogens is 749 g/mol. The summed E-state index contributed by atoms with van der Waals surface area (Å²) in [6.45, 7) is 4.69. The Morgan fingerprint density at radius 3 is 1.71 bits per heavy atom. The van der Waals surface area contributed by atoms with Crippen molar-refractivity contribution in [1.82, 2.24) is 0 Å². The molecule has 1 fully saturated rings. The van der Waals surface area contributed by atoms with Crippen LogP contribution in [0, 0.1) is 0 Å². The van der Waals surface area contributed by atoms with Crippen LogP contribution in [0.15, 0.2) is 204 Å². The maximum atomic E-state index is 5.63. The molecule has 0 bridgehead atoms. The number of allylic oxidation sites excluding steroid dienone is 1. The summed E-state index contributed by atoms with van der Waals surface area (Å²) in [5, 5.41) is 0. The summed E-state index contributed by atoms with van der Waals surface area (Å²) in [4.78, 5) is 11.2. The van der Waals surface area contributed by atoms with Gasteiger partial charge in [0.1, 0.15) is 0 Å². The van der Waals surface area contributed by atoms with E-state index in [9.17, 15) is 0 Å². The molecule has 13 rings (SSSR count). The molecule has 1 saturated carbocycles. The third-order valence-corrected chi connectivity index (χ3v) is 14.7. The Kier molecular flexibility index (Phi) is 7.70. The quantitative estimate of drug-likeness (QED) is 0.166. The second-order valence-electron chi connectivity index (χ2n) is 18.3. The standard InChI is InChI=1S/C60H44N2/c1-60(2)50-25-13-12-23-47(50)56-48(24-14-26-51(56)60)59-61-52(36-27-29-38(30-28-36)54-43-20-9-6-17-40(43)41-18-7-10-21-44(41)54)33-34-53(62-59)39-31-32-46-49(35-39)42-19-8-11-22-45(42)57-55(58(46)57)37-15-4-3-5-16-37/h3-33,35,54-55,57-58H,34H2,1-2H3/t55-,57?,58?/m1/s1. The van der Waals surface area contributed by atoms with Crippen molar-refractivity contribution in [3.05, 3.63) is 255 Å². The number of rotatable bonds is 5. The summed E-state index contributed by atoms with van der Waals surface area (Å²) in [7, 11) is 0. The topological polar surface area (TPSA) is 24.7 Å². The molecule has 2 heteroatoms. The van der Waals surface area contributed by atoms with E-state index in [0.29, 0.717) is 24.2 Å². The molecular formula is C60H44N2. The first kappa shape index (κ1) is 35.6. The van der Waals surface area contributed by atoms with Crippen LogP contribution in [-0.2, 0) is 5.41 Å². The highest BCUT2D eigenvalue weighted by molar-refractivity contribution is 6.18. The largest absolute Gasteiger partial charge is 0.232 e. The lowest BCUT2D eigenvalue weighted by atomic mass is 9.82. The number of nitrogens with zero attached hydrogens (tertiary/aromatic N) is 2. The summed E-state index contributed by atoms with van der Waals surface area (Å²) in [6, 6.07) is 69.9. The van der Waals surface area contributed by atoms with Gasteiger partial charge in [0.15, 0.2) is 5.84 Å². The minimum Gasteiger partial charge on any atom is -0.232 e. The smallest absolute Gasteiger partial charge is 0.160 e. The zero-order valence-corrected chi connectivity index (χ0v) is 34.9. The predicted molar refractivity (Wildman–Crippen MR) is 255 cm³/mol. The zero-order chi connectivity index (χ0) is 41.1. The summed E-state index contributed by atoms with van der Waals surface area (Å²) in [5.41, 5.74) is 24.2. The van der Waals surface area contributed by atoms with Gasteiger partial charge in [-0.05, 0) is 113 Å². The van der Waals surface area contributed by atoms with E-state index in [1.54, 1.807) is 0 Å². The fourth-order valence-electron chi connectivity index (χ4n) is 11.8. The Morgan fingerprint density at radius 2 is 0.984 bits per heavy atom. The lowest BCUT2D eigenvalue weighted by molar-refractivity contribution is 0.660. The van der Waals surface area contributed by atoms with Crippen molar-refractivity contribution in [2.45, 2.75) is 49.4 Å². The Labute approximate surface area is 363 Å². The Bertz CT molecular complexity index is 3200. The van der Waals surface area contributed by atoms with Crippen LogP contribution in [0.2, 0.25) is 0 Å². The van der Waals surface area contributed by atoms with Gasteiger partial charge in [-0.2, -0.15) is 0 Å². The van der Waals surface area contributed by atoms with Gasteiger partial charge in [0, 0.05) is 23.3 Å². The molecule has 0 spiro atoms. The normalized spacial score (nSPS) is 19.6. The molecule has 1 aliphatic heterocycles. The van der Waals surface area contributed by atoms with Crippen molar-refractivity contribution in [3.8, 4) is 33.4 Å². The first-order valence-corrected chi connectivity index (χ1v) is 22.2. The molecule has 0 amide bonds. The van der Waals surface area contributed by atoms with Gasteiger partial charge < -0.3 is 0 Å². The summed E-state index contributed by atoms with van der Waals surface area (Å²) >= 11 is 0. The molecule has 0 radical (unpaired) electrons. The van der Waals surface area contributed by atoms with Crippen LogP contribution >= 0.6 is 0 Å². The molecule has 294 valence electrons. The van der Waals surface area contributed by atoms with Gasteiger partial charge in [0.25, 0.3) is 0 Å². The van der Waals surface area contributed by atoms with E-state index in [1.807, 2.05) is 0 Å². The zero-order valence-electron chi connectivity index (χ0n) is 34.9. The van der Waals surface area contributed by atoms with E-state index in [0.717, 1.165) is 33.9 Å². The monoisotopic (exact) mass is 792 g/mol. The van der Waals surface area contributed by atoms with Crippen LogP contribution in [-0.4, -0.2) is 11.5 Å². The van der Waals surface area contributed by atoms with Crippen LogP contribution in [0.4, 0.5) is 0 Å². The molecule has 0 saturated heterocycles. The average Bonchev–Trinajstić information content (AvgIpc) is 4.00. The Hall–Kier alpha value is -7.16. The molecule has 2 nitrogen and oxygen atoms in total. The number of amidine groups is 1. The summed E-state index contributed by atoms with van der Waals surface area (Å²) < 4.78 is 0. The number of hydrogen-bond acceptors (Lipinski definition) is 2. The first-order chi connectivity index (χ1) is 30.5. The molecule has 8 aromatic carbocycles. The molecule has 2 unspecified atom stereocenters. The number of benzene rings is 8. The van der Waals surface area contributed by atoms with Crippen molar-refractivity contribution in [2.24, 2.45) is 9.98 Å². The van der Waals surface area contributed by atoms with Gasteiger partial charge in [-0.15, -0.1) is 0 Å². The highest BCUT2D eigenvalue weighted by Gasteiger charge is 2.56. The van der Waals surface area contributed by atoms with E-state index in [4.69, 9.17) is 9.98 Å². The average molecular weight is 793 g/mol. The summed E-state index contributed by atoms with van der Waals surface area (Å²) in [5.74, 6) is 2.47. The number of hydrogen-bond donors (Lipinski definition) is 0. The SMILES string of the molecule is CC1(C)c2ccccc2-c2c(C3=NC(c4ccc(C5c6ccccc6-c6ccccc65)cc4)=CCC(c4ccc5c(c4)-c4ccccc4C4C5[C@@H]4c4ccccc4)=N3)cccc21. The van der Waals surface area contributed by atoms with E-state index >= 15 is 0 Å². The molecule has 1 heterocycles. The third-order valence-electron chi connectivity index (χ3n) is 14.7. The number of fused-ring (bicyclic) bond motifs is 12. The van der Waals surface area contributed by atoms with Gasteiger partial charge in [0.2, 0.25) is 0 Å². The molecule has 0 N–H and O–H groups in total. The Balaban J connectivity index is 0.937. The first-order valence-electron chi connectivity index (χ1n) is 22.2. The van der Waals surface area contributed by atoms with Gasteiger partial charge in [-0.3, -0.25) is 0 Å². The van der Waals surface area contributed by atoms with Gasteiger partial charge in [-0.25, -0.2) is 9.98 Å². The van der Waals surface area contributed by atoms with Gasteiger partial charge >= 0.3 is 0 Å². The maximum absolute atomic E-state index is 5.63. The summed E-state index contributed by atoms with van der Waals surface area (Å²) in [6.07, 6.45) is 2.97. The van der Waals surface area contributed by atoms with E-state index < -0.39 is 0 Å². The van der Waals surface area contributed by atoms with Gasteiger partial charge in [0.05, 0.1) is 11.4 Å². The van der Waals surface area contributed by atoms with Crippen molar-refractivity contribution in [3.63, 3.8) is 0 Å². The molecule has 5 aliphatic rings.